The maximum absolute atomic E-state index is 5.98. The molecule has 1 fully saturated rings. The zero-order valence-electron chi connectivity index (χ0n) is 11.2. The van der Waals surface area contributed by atoms with Crippen molar-refractivity contribution < 1.29 is 4.74 Å². The molecule has 0 aromatic heterocycles. The topological polar surface area (TPSA) is 21.3 Å². The summed E-state index contributed by atoms with van der Waals surface area (Å²) in [5.74, 6) is 1.05. The first kappa shape index (κ1) is 12.4. The molecule has 1 saturated heterocycles. The molecule has 1 aliphatic heterocycles. The minimum absolute atomic E-state index is 0.531. The van der Waals surface area contributed by atoms with Gasteiger partial charge in [-0.3, -0.25) is 0 Å². The van der Waals surface area contributed by atoms with Gasteiger partial charge in [-0.25, -0.2) is 0 Å². The largest absolute Gasteiger partial charge is 0.492 e. The third kappa shape index (κ3) is 3.22. The van der Waals surface area contributed by atoms with Gasteiger partial charge in [-0.2, -0.15) is 0 Å². The van der Waals surface area contributed by atoms with E-state index in [1.165, 1.54) is 36.0 Å². The molecule has 0 spiro atoms. The van der Waals surface area contributed by atoms with Crippen molar-refractivity contribution in [2.45, 2.75) is 46.1 Å². The molecule has 0 aliphatic carbocycles. The maximum atomic E-state index is 5.98. The highest BCUT2D eigenvalue weighted by Gasteiger charge is 2.13. The van der Waals surface area contributed by atoms with Crippen molar-refractivity contribution >= 4 is 0 Å². The van der Waals surface area contributed by atoms with Gasteiger partial charge in [0.05, 0.1) is 0 Å². The molecule has 0 bridgehead atoms. The summed E-state index contributed by atoms with van der Waals surface area (Å²) in [6.45, 7) is 8.34. The highest BCUT2D eigenvalue weighted by Crippen LogP contribution is 2.23. The monoisotopic (exact) mass is 233 g/mol. The second-order valence-electron chi connectivity index (χ2n) is 5.16. The van der Waals surface area contributed by atoms with Gasteiger partial charge in [0.1, 0.15) is 12.4 Å². The van der Waals surface area contributed by atoms with Crippen LogP contribution >= 0.6 is 0 Å². The Labute approximate surface area is 104 Å². The summed E-state index contributed by atoms with van der Waals surface area (Å²) >= 11 is 0. The van der Waals surface area contributed by atoms with Crippen LogP contribution in [0.25, 0.3) is 0 Å². The Balaban J connectivity index is 1.98. The second kappa shape index (κ2) is 5.54. The molecule has 1 aromatic carbocycles. The van der Waals surface area contributed by atoms with E-state index in [-0.39, 0.29) is 0 Å². The van der Waals surface area contributed by atoms with Crippen LogP contribution in [0.15, 0.2) is 12.1 Å². The first-order chi connectivity index (χ1) is 8.16. The van der Waals surface area contributed by atoms with Crippen LogP contribution in [0, 0.1) is 20.8 Å². The molecule has 1 aliphatic rings. The molecule has 1 atom stereocenters. The van der Waals surface area contributed by atoms with Crippen molar-refractivity contribution in [1.82, 2.24) is 5.32 Å². The average molecular weight is 233 g/mol. The van der Waals surface area contributed by atoms with Crippen LogP contribution in [0.3, 0.4) is 0 Å². The first-order valence-corrected chi connectivity index (χ1v) is 6.61. The summed E-state index contributed by atoms with van der Waals surface area (Å²) in [5.41, 5.74) is 3.86. The first-order valence-electron chi connectivity index (χ1n) is 6.61. The van der Waals surface area contributed by atoms with Crippen LogP contribution in [0.5, 0.6) is 5.75 Å². The van der Waals surface area contributed by atoms with Crippen molar-refractivity contribution in [3.8, 4) is 5.75 Å². The minimum Gasteiger partial charge on any atom is -0.492 e. The fourth-order valence-electron chi connectivity index (χ4n) is 2.41. The lowest BCUT2D eigenvalue weighted by atomic mass is 10.0. The number of hydrogen-bond acceptors (Lipinski definition) is 2. The van der Waals surface area contributed by atoms with Crippen molar-refractivity contribution in [1.29, 1.82) is 0 Å². The lowest BCUT2D eigenvalue weighted by Gasteiger charge is -2.24. The summed E-state index contributed by atoms with van der Waals surface area (Å²) in [6, 6.07) is 4.88. The standard InChI is InChI=1S/C15H23NO/c1-11-8-12(2)13(3)15(9-11)17-10-14-6-4-5-7-16-14/h8-9,14,16H,4-7,10H2,1-3H3. The third-order valence-electron chi connectivity index (χ3n) is 3.62. The fourth-order valence-corrected chi connectivity index (χ4v) is 2.41. The van der Waals surface area contributed by atoms with Crippen LogP contribution < -0.4 is 10.1 Å². The molecular weight excluding hydrogens is 210 g/mol. The summed E-state index contributed by atoms with van der Waals surface area (Å²) in [6.07, 6.45) is 3.87. The smallest absolute Gasteiger partial charge is 0.122 e. The van der Waals surface area contributed by atoms with Gasteiger partial charge < -0.3 is 10.1 Å². The molecular formula is C15H23NO. The highest BCUT2D eigenvalue weighted by molar-refractivity contribution is 5.41. The minimum atomic E-state index is 0.531. The van der Waals surface area contributed by atoms with Crippen LogP contribution in [0.2, 0.25) is 0 Å². The zero-order valence-corrected chi connectivity index (χ0v) is 11.2. The van der Waals surface area contributed by atoms with E-state index in [0.29, 0.717) is 6.04 Å². The third-order valence-corrected chi connectivity index (χ3v) is 3.62. The average Bonchev–Trinajstić information content (AvgIpc) is 2.33. The molecule has 0 radical (unpaired) electrons. The number of ether oxygens (including phenoxy) is 1. The van der Waals surface area contributed by atoms with E-state index < -0.39 is 0 Å². The Hall–Kier alpha value is -1.02. The summed E-state index contributed by atoms with van der Waals surface area (Å²) in [7, 11) is 0. The lowest BCUT2D eigenvalue weighted by Crippen LogP contribution is -2.38. The predicted octanol–water partition coefficient (Wildman–Crippen LogP) is 3.13. The van der Waals surface area contributed by atoms with E-state index >= 15 is 0 Å². The van der Waals surface area contributed by atoms with E-state index in [1.54, 1.807) is 0 Å². The Morgan fingerprint density at radius 2 is 2.06 bits per heavy atom. The molecule has 1 N–H and O–H groups in total. The van der Waals surface area contributed by atoms with Crippen molar-refractivity contribution in [3.05, 3.63) is 28.8 Å². The molecule has 94 valence electrons. The van der Waals surface area contributed by atoms with E-state index in [9.17, 15) is 0 Å². The summed E-state index contributed by atoms with van der Waals surface area (Å²) in [5, 5.41) is 3.51. The maximum Gasteiger partial charge on any atom is 0.122 e. The summed E-state index contributed by atoms with van der Waals surface area (Å²) < 4.78 is 5.98. The van der Waals surface area contributed by atoms with E-state index in [1.807, 2.05) is 0 Å². The normalized spacial score (nSPS) is 20.3. The van der Waals surface area contributed by atoms with E-state index in [2.05, 4.69) is 38.2 Å². The van der Waals surface area contributed by atoms with Gasteiger partial charge in [0.15, 0.2) is 0 Å². The fraction of sp³-hybridized carbons (Fsp3) is 0.600. The van der Waals surface area contributed by atoms with Crippen molar-refractivity contribution in [2.75, 3.05) is 13.2 Å². The van der Waals surface area contributed by atoms with Gasteiger partial charge in [0.2, 0.25) is 0 Å². The van der Waals surface area contributed by atoms with Gasteiger partial charge in [-0.15, -0.1) is 0 Å². The van der Waals surface area contributed by atoms with Crippen molar-refractivity contribution in [3.63, 3.8) is 0 Å². The van der Waals surface area contributed by atoms with Crippen LogP contribution in [-0.4, -0.2) is 19.2 Å². The number of hydrogen-bond donors (Lipinski definition) is 1. The number of rotatable bonds is 3. The van der Waals surface area contributed by atoms with Gasteiger partial charge in [-0.1, -0.05) is 12.5 Å². The number of benzene rings is 1. The number of aryl methyl sites for hydroxylation is 2. The number of piperidine rings is 1. The molecule has 2 rings (SSSR count). The van der Waals surface area contributed by atoms with Crippen LogP contribution in [0.1, 0.15) is 36.0 Å². The molecule has 1 aromatic rings. The summed E-state index contributed by atoms with van der Waals surface area (Å²) in [4.78, 5) is 0. The highest BCUT2D eigenvalue weighted by atomic mass is 16.5. The van der Waals surface area contributed by atoms with Gasteiger partial charge in [0, 0.05) is 6.04 Å². The molecule has 1 heterocycles. The Morgan fingerprint density at radius 3 is 2.76 bits per heavy atom. The number of nitrogens with one attached hydrogen (secondary N) is 1. The van der Waals surface area contributed by atoms with Gasteiger partial charge in [0.25, 0.3) is 0 Å². The molecule has 17 heavy (non-hydrogen) atoms. The predicted molar refractivity (Wildman–Crippen MR) is 71.8 cm³/mol. The molecule has 0 saturated carbocycles. The molecule has 2 heteroatoms. The zero-order chi connectivity index (χ0) is 12.3. The SMILES string of the molecule is Cc1cc(C)c(C)c(OCC2CCCCN2)c1. The second-order valence-corrected chi connectivity index (χ2v) is 5.16. The lowest BCUT2D eigenvalue weighted by molar-refractivity contribution is 0.237. The van der Waals surface area contributed by atoms with Crippen LogP contribution in [0.4, 0.5) is 0 Å². The Bertz CT molecular complexity index is 381. The van der Waals surface area contributed by atoms with Gasteiger partial charge in [-0.05, 0) is 62.9 Å². The Kier molecular flexibility index (Phi) is 4.06. The van der Waals surface area contributed by atoms with Gasteiger partial charge >= 0.3 is 0 Å². The van der Waals surface area contributed by atoms with E-state index in [0.717, 1.165) is 18.9 Å². The van der Waals surface area contributed by atoms with E-state index in [4.69, 9.17) is 4.74 Å². The van der Waals surface area contributed by atoms with Crippen LogP contribution in [-0.2, 0) is 0 Å². The Morgan fingerprint density at radius 1 is 1.24 bits per heavy atom. The molecule has 2 nitrogen and oxygen atoms in total. The molecule has 0 amide bonds. The molecule has 1 unspecified atom stereocenters. The van der Waals surface area contributed by atoms with Crippen molar-refractivity contribution in [2.24, 2.45) is 0 Å². The quantitative estimate of drug-likeness (QED) is 0.866.